The summed E-state index contributed by atoms with van der Waals surface area (Å²) in [5.41, 5.74) is 3.13. The topological polar surface area (TPSA) is 42.2 Å². The zero-order chi connectivity index (χ0) is 12.9. The molecule has 1 aliphatic carbocycles. The fraction of sp³-hybridized carbons (Fsp3) is 0.357. The predicted octanol–water partition coefficient (Wildman–Crippen LogP) is 2.51. The lowest BCUT2D eigenvalue weighted by molar-refractivity contribution is -0.142. The number of halogens is 1. The highest BCUT2D eigenvalue weighted by molar-refractivity contribution is 5.86. The van der Waals surface area contributed by atoms with Crippen LogP contribution in [-0.2, 0) is 24.7 Å². The van der Waals surface area contributed by atoms with Gasteiger partial charge in [-0.05, 0) is 43.0 Å². The molecule has 2 aromatic rings. The minimum Gasteiger partial charge on any atom is -0.481 e. The summed E-state index contributed by atoms with van der Waals surface area (Å²) in [5, 5.41) is 9.98. The molecule has 3 nitrogen and oxygen atoms in total. The van der Waals surface area contributed by atoms with Crippen molar-refractivity contribution in [2.75, 3.05) is 0 Å². The SMILES string of the molecule is Cn1c2c(c3cc(F)ccc31)CC(C(=O)O)CC2. The van der Waals surface area contributed by atoms with Crippen LogP contribution < -0.4 is 0 Å². The molecule has 1 aromatic heterocycles. The predicted molar refractivity (Wildman–Crippen MR) is 66.0 cm³/mol. The van der Waals surface area contributed by atoms with Gasteiger partial charge in [0.2, 0.25) is 0 Å². The normalized spacial score (nSPS) is 18.9. The van der Waals surface area contributed by atoms with Crippen molar-refractivity contribution in [1.29, 1.82) is 0 Å². The van der Waals surface area contributed by atoms with Crippen LogP contribution in [-0.4, -0.2) is 15.6 Å². The Hall–Kier alpha value is -1.84. The first kappa shape index (κ1) is 11.3. The highest BCUT2D eigenvalue weighted by Gasteiger charge is 2.28. The third-order valence-corrected chi connectivity index (χ3v) is 3.93. The first-order valence-corrected chi connectivity index (χ1v) is 6.06. The van der Waals surface area contributed by atoms with Crippen molar-refractivity contribution >= 4 is 16.9 Å². The van der Waals surface area contributed by atoms with Crippen LogP contribution >= 0.6 is 0 Å². The second kappa shape index (κ2) is 3.83. The Kier molecular flexibility index (Phi) is 2.40. The van der Waals surface area contributed by atoms with Gasteiger partial charge in [-0.2, -0.15) is 0 Å². The molecule has 1 aromatic carbocycles. The number of hydrogen-bond acceptors (Lipinski definition) is 1. The van der Waals surface area contributed by atoms with Crippen LogP contribution in [0.1, 0.15) is 17.7 Å². The van der Waals surface area contributed by atoms with Gasteiger partial charge in [0.1, 0.15) is 5.82 Å². The summed E-state index contributed by atoms with van der Waals surface area (Å²) in [6.07, 6.45) is 1.92. The van der Waals surface area contributed by atoms with E-state index >= 15 is 0 Å². The van der Waals surface area contributed by atoms with Crippen LogP contribution in [0, 0.1) is 11.7 Å². The van der Waals surface area contributed by atoms with Gasteiger partial charge < -0.3 is 9.67 Å². The maximum atomic E-state index is 13.3. The quantitative estimate of drug-likeness (QED) is 0.841. The smallest absolute Gasteiger partial charge is 0.306 e. The second-order valence-corrected chi connectivity index (χ2v) is 4.92. The van der Waals surface area contributed by atoms with E-state index in [0.717, 1.165) is 28.6 Å². The zero-order valence-corrected chi connectivity index (χ0v) is 10.1. The molecular weight excluding hydrogens is 233 g/mol. The van der Waals surface area contributed by atoms with Crippen molar-refractivity contribution in [3.63, 3.8) is 0 Å². The van der Waals surface area contributed by atoms with Gasteiger partial charge in [0.05, 0.1) is 5.92 Å². The molecule has 1 aliphatic rings. The number of benzene rings is 1. The number of aryl methyl sites for hydroxylation is 1. The average molecular weight is 247 g/mol. The Morgan fingerprint density at radius 3 is 3.00 bits per heavy atom. The van der Waals surface area contributed by atoms with Crippen LogP contribution in [0.2, 0.25) is 0 Å². The van der Waals surface area contributed by atoms with E-state index in [2.05, 4.69) is 4.57 Å². The standard InChI is InChI=1S/C14H14FNO2/c1-16-12-4-2-8(14(17)18)6-10(12)11-7-9(15)3-5-13(11)16/h3,5,7-8H,2,4,6H2,1H3,(H,17,18). The molecule has 0 saturated carbocycles. The van der Waals surface area contributed by atoms with Gasteiger partial charge in [0.25, 0.3) is 0 Å². The van der Waals surface area contributed by atoms with Crippen LogP contribution in [0.15, 0.2) is 18.2 Å². The maximum absolute atomic E-state index is 13.3. The number of nitrogens with zero attached hydrogens (tertiary/aromatic N) is 1. The van der Waals surface area contributed by atoms with Crippen LogP contribution in [0.5, 0.6) is 0 Å². The summed E-state index contributed by atoms with van der Waals surface area (Å²) in [5.74, 6) is -1.37. The summed E-state index contributed by atoms with van der Waals surface area (Å²) in [4.78, 5) is 11.1. The lowest BCUT2D eigenvalue weighted by Crippen LogP contribution is -2.22. The van der Waals surface area contributed by atoms with E-state index in [1.165, 1.54) is 12.1 Å². The number of hydrogen-bond donors (Lipinski definition) is 1. The molecule has 94 valence electrons. The lowest BCUT2D eigenvalue weighted by Gasteiger charge is -2.19. The van der Waals surface area contributed by atoms with E-state index in [0.29, 0.717) is 12.8 Å². The molecule has 1 unspecified atom stereocenters. The fourth-order valence-corrected chi connectivity index (χ4v) is 2.96. The van der Waals surface area contributed by atoms with Crippen LogP contribution in [0.25, 0.3) is 10.9 Å². The van der Waals surface area contributed by atoms with Crippen molar-refractivity contribution in [2.24, 2.45) is 13.0 Å². The first-order chi connectivity index (χ1) is 8.58. The molecule has 0 saturated heterocycles. The van der Waals surface area contributed by atoms with Crippen molar-refractivity contribution < 1.29 is 14.3 Å². The van der Waals surface area contributed by atoms with E-state index < -0.39 is 5.97 Å². The summed E-state index contributed by atoms with van der Waals surface area (Å²) < 4.78 is 15.4. The highest BCUT2D eigenvalue weighted by Crippen LogP contribution is 2.34. The largest absolute Gasteiger partial charge is 0.481 e. The average Bonchev–Trinajstić information content (AvgIpc) is 2.62. The van der Waals surface area contributed by atoms with Crippen molar-refractivity contribution in [2.45, 2.75) is 19.3 Å². The summed E-state index contributed by atoms with van der Waals surface area (Å²) in [6.45, 7) is 0. The van der Waals surface area contributed by atoms with Crippen molar-refractivity contribution in [3.8, 4) is 0 Å². The number of carbonyl (C=O) groups is 1. The Balaban J connectivity index is 2.20. The number of rotatable bonds is 1. The number of fused-ring (bicyclic) bond motifs is 3. The van der Waals surface area contributed by atoms with Gasteiger partial charge in [0.15, 0.2) is 0 Å². The molecule has 0 radical (unpaired) electrons. The monoisotopic (exact) mass is 247 g/mol. The Labute approximate surface area is 104 Å². The zero-order valence-electron chi connectivity index (χ0n) is 10.1. The Morgan fingerprint density at radius 1 is 1.50 bits per heavy atom. The molecule has 1 atom stereocenters. The minimum absolute atomic E-state index is 0.270. The minimum atomic E-state index is -0.756. The van der Waals surface area contributed by atoms with E-state index in [9.17, 15) is 9.18 Å². The third-order valence-electron chi connectivity index (χ3n) is 3.93. The van der Waals surface area contributed by atoms with Crippen LogP contribution in [0.3, 0.4) is 0 Å². The van der Waals surface area contributed by atoms with Gasteiger partial charge in [-0.25, -0.2) is 4.39 Å². The Bertz CT molecular complexity index is 645. The second-order valence-electron chi connectivity index (χ2n) is 4.92. The molecule has 3 rings (SSSR count). The fourth-order valence-electron chi connectivity index (χ4n) is 2.96. The molecule has 0 aliphatic heterocycles. The molecular formula is C14H14FNO2. The van der Waals surface area contributed by atoms with E-state index in [4.69, 9.17) is 5.11 Å². The van der Waals surface area contributed by atoms with Gasteiger partial charge >= 0.3 is 5.97 Å². The maximum Gasteiger partial charge on any atom is 0.306 e. The molecule has 18 heavy (non-hydrogen) atoms. The summed E-state index contributed by atoms with van der Waals surface area (Å²) in [6, 6.07) is 4.72. The van der Waals surface area contributed by atoms with Gasteiger partial charge in [-0.15, -0.1) is 0 Å². The number of carboxylic acids is 1. The van der Waals surface area contributed by atoms with E-state index in [1.807, 2.05) is 7.05 Å². The summed E-state index contributed by atoms with van der Waals surface area (Å²) in [7, 11) is 1.96. The molecule has 0 spiro atoms. The van der Waals surface area contributed by atoms with Crippen molar-refractivity contribution in [3.05, 3.63) is 35.3 Å². The first-order valence-electron chi connectivity index (χ1n) is 6.06. The van der Waals surface area contributed by atoms with Crippen LogP contribution in [0.4, 0.5) is 4.39 Å². The molecule has 0 amide bonds. The molecule has 1 N–H and O–H groups in total. The Morgan fingerprint density at radius 2 is 2.28 bits per heavy atom. The lowest BCUT2D eigenvalue weighted by atomic mass is 9.86. The number of carboxylic acid groups (broad SMARTS) is 1. The molecule has 1 heterocycles. The van der Waals surface area contributed by atoms with Gasteiger partial charge in [-0.3, -0.25) is 4.79 Å². The molecule has 4 heteroatoms. The molecule has 0 fully saturated rings. The summed E-state index contributed by atoms with van der Waals surface area (Å²) >= 11 is 0. The molecule has 0 bridgehead atoms. The van der Waals surface area contributed by atoms with Crippen molar-refractivity contribution in [1.82, 2.24) is 4.57 Å². The van der Waals surface area contributed by atoms with E-state index in [1.54, 1.807) is 6.07 Å². The number of aromatic nitrogens is 1. The van der Waals surface area contributed by atoms with Gasteiger partial charge in [0, 0.05) is 23.6 Å². The van der Waals surface area contributed by atoms with Gasteiger partial charge in [-0.1, -0.05) is 0 Å². The highest BCUT2D eigenvalue weighted by atomic mass is 19.1. The third kappa shape index (κ3) is 1.52. The number of aliphatic carboxylic acids is 1. The van der Waals surface area contributed by atoms with E-state index in [-0.39, 0.29) is 11.7 Å².